The van der Waals surface area contributed by atoms with E-state index in [1.807, 2.05) is 21.7 Å². The first kappa shape index (κ1) is 11.5. The molecule has 7 nitrogen and oxygen atoms in total. The zero-order valence-corrected chi connectivity index (χ0v) is 11.0. The van der Waals surface area contributed by atoms with E-state index in [9.17, 15) is 4.79 Å². The number of aromatic nitrogens is 3. The van der Waals surface area contributed by atoms with E-state index in [0.29, 0.717) is 13.2 Å². The van der Waals surface area contributed by atoms with Crippen LogP contribution in [0.2, 0.25) is 0 Å². The Balaban J connectivity index is 1.64. The lowest BCUT2D eigenvalue weighted by molar-refractivity contribution is 0.0398. The van der Waals surface area contributed by atoms with Crippen LogP contribution in [0, 0.1) is 0 Å². The molecule has 2 aromatic rings. The number of hydrogen-bond acceptors (Lipinski definition) is 5. The predicted octanol–water partition coefficient (Wildman–Crippen LogP) is 0.760. The fraction of sp³-hybridized carbons (Fsp3) is 0.462. The van der Waals surface area contributed by atoms with E-state index < -0.39 is 0 Å². The second-order valence-electron chi connectivity index (χ2n) is 5.11. The first-order valence-corrected chi connectivity index (χ1v) is 6.79. The molecule has 104 valence electrons. The Labute approximate surface area is 115 Å². The zero-order chi connectivity index (χ0) is 13.5. The maximum atomic E-state index is 11.7. The third kappa shape index (κ3) is 1.70. The number of anilines is 1. The molecule has 1 atom stereocenters. The number of amides is 1. The monoisotopic (exact) mass is 273 g/mol. The fourth-order valence-electron chi connectivity index (χ4n) is 2.96. The van der Waals surface area contributed by atoms with E-state index in [4.69, 9.17) is 4.74 Å². The molecule has 4 rings (SSSR count). The molecule has 0 spiro atoms. The van der Waals surface area contributed by atoms with Gasteiger partial charge in [0, 0.05) is 50.8 Å². The minimum atomic E-state index is -0.187. The Morgan fingerprint density at radius 3 is 2.95 bits per heavy atom. The van der Waals surface area contributed by atoms with Gasteiger partial charge in [0.15, 0.2) is 11.5 Å². The first-order chi connectivity index (χ1) is 9.83. The molecule has 0 bridgehead atoms. The maximum absolute atomic E-state index is 11.7. The molecule has 20 heavy (non-hydrogen) atoms. The lowest BCUT2D eigenvalue weighted by Crippen LogP contribution is -2.58. The van der Waals surface area contributed by atoms with E-state index in [2.05, 4.69) is 14.9 Å². The van der Waals surface area contributed by atoms with Crippen LogP contribution in [0.5, 0.6) is 0 Å². The van der Waals surface area contributed by atoms with Crippen molar-refractivity contribution in [1.82, 2.24) is 19.3 Å². The van der Waals surface area contributed by atoms with Crippen LogP contribution in [0.4, 0.5) is 10.6 Å². The first-order valence-electron chi connectivity index (χ1n) is 6.79. The average Bonchev–Trinajstić information content (AvgIpc) is 2.95. The van der Waals surface area contributed by atoms with E-state index in [1.165, 1.54) is 0 Å². The highest BCUT2D eigenvalue weighted by molar-refractivity contribution is 5.70. The second kappa shape index (κ2) is 4.36. The normalized spacial score (nSPS) is 22.8. The molecule has 4 heterocycles. The standard InChI is InChI=1S/C13H15N5O2/c19-13-18-7-6-17(9-10(18)1-8-20-13)12-11-14-2-4-16(11)5-3-15-12/h2-5,10H,1,6-9H2. The predicted molar refractivity (Wildman–Crippen MR) is 71.7 cm³/mol. The fourth-order valence-corrected chi connectivity index (χ4v) is 2.96. The molecule has 0 aromatic carbocycles. The van der Waals surface area contributed by atoms with Crippen LogP contribution in [-0.2, 0) is 4.74 Å². The summed E-state index contributed by atoms with van der Waals surface area (Å²) in [5.74, 6) is 0.885. The highest BCUT2D eigenvalue weighted by Gasteiger charge is 2.35. The summed E-state index contributed by atoms with van der Waals surface area (Å²) in [4.78, 5) is 24.6. The Morgan fingerprint density at radius 2 is 2.05 bits per heavy atom. The van der Waals surface area contributed by atoms with Crippen molar-refractivity contribution in [2.24, 2.45) is 0 Å². The van der Waals surface area contributed by atoms with Crippen molar-refractivity contribution in [1.29, 1.82) is 0 Å². The molecule has 7 heteroatoms. The van der Waals surface area contributed by atoms with Gasteiger partial charge in [0.1, 0.15) is 0 Å². The molecule has 2 fully saturated rings. The van der Waals surface area contributed by atoms with Crippen LogP contribution in [-0.4, -0.2) is 57.6 Å². The SMILES string of the molecule is O=C1OCCC2CN(c3nccn4ccnc34)CCN12. The molecule has 2 aromatic heterocycles. The van der Waals surface area contributed by atoms with Crippen LogP contribution >= 0.6 is 0 Å². The van der Waals surface area contributed by atoms with Gasteiger partial charge < -0.3 is 18.9 Å². The van der Waals surface area contributed by atoms with Crippen LogP contribution in [0.1, 0.15) is 6.42 Å². The minimum Gasteiger partial charge on any atom is -0.449 e. The number of nitrogens with zero attached hydrogens (tertiary/aromatic N) is 5. The van der Waals surface area contributed by atoms with Gasteiger partial charge in [0.05, 0.1) is 12.6 Å². The van der Waals surface area contributed by atoms with Crippen molar-refractivity contribution in [2.45, 2.75) is 12.5 Å². The minimum absolute atomic E-state index is 0.187. The molecule has 0 aliphatic carbocycles. The summed E-state index contributed by atoms with van der Waals surface area (Å²) in [6, 6.07) is 0.210. The number of rotatable bonds is 1. The second-order valence-corrected chi connectivity index (χ2v) is 5.11. The largest absolute Gasteiger partial charge is 0.449 e. The third-order valence-electron chi connectivity index (χ3n) is 3.99. The van der Waals surface area contributed by atoms with Gasteiger partial charge in [0.2, 0.25) is 0 Å². The Kier molecular flexibility index (Phi) is 2.51. The van der Waals surface area contributed by atoms with Crippen LogP contribution < -0.4 is 4.90 Å². The zero-order valence-electron chi connectivity index (χ0n) is 11.0. The van der Waals surface area contributed by atoms with Crippen molar-refractivity contribution in [2.75, 3.05) is 31.1 Å². The smallest absolute Gasteiger partial charge is 0.410 e. The van der Waals surface area contributed by atoms with E-state index in [0.717, 1.165) is 31.0 Å². The van der Waals surface area contributed by atoms with Gasteiger partial charge in [-0.05, 0) is 0 Å². The van der Waals surface area contributed by atoms with Crippen molar-refractivity contribution in [3.63, 3.8) is 0 Å². The summed E-state index contributed by atoms with van der Waals surface area (Å²) in [5, 5.41) is 0. The summed E-state index contributed by atoms with van der Waals surface area (Å²) >= 11 is 0. The van der Waals surface area contributed by atoms with Crippen LogP contribution in [0.3, 0.4) is 0 Å². The maximum Gasteiger partial charge on any atom is 0.410 e. The van der Waals surface area contributed by atoms with E-state index in [1.54, 1.807) is 12.4 Å². The van der Waals surface area contributed by atoms with Crippen molar-refractivity contribution in [3.8, 4) is 0 Å². The van der Waals surface area contributed by atoms with E-state index in [-0.39, 0.29) is 12.1 Å². The number of carbonyl (C=O) groups excluding carboxylic acids is 1. The highest BCUT2D eigenvalue weighted by atomic mass is 16.6. The van der Waals surface area contributed by atoms with E-state index >= 15 is 0 Å². The van der Waals surface area contributed by atoms with Gasteiger partial charge in [-0.3, -0.25) is 0 Å². The Bertz CT molecular complexity index is 655. The summed E-state index contributed by atoms with van der Waals surface area (Å²) in [6.07, 6.45) is 8.04. The van der Waals surface area contributed by atoms with Gasteiger partial charge in [-0.25, -0.2) is 14.8 Å². The average molecular weight is 273 g/mol. The topological polar surface area (TPSA) is 63.0 Å². The molecule has 1 unspecified atom stereocenters. The van der Waals surface area contributed by atoms with Crippen molar-refractivity contribution >= 4 is 17.6 Å². The number of cyclic esters (lactones) is 1. The van der Waals surface area contributed by atoms with Crippen molar-refractivity contribution < 1.29 is 9.53 Å². The van der Waals surface area contributed by atoms with Crippen LogP contribution in [0.15, 0.2) is 24.8 Å². The van der Waals surface area contributed by atoms with Crippen molar-refractivity contribution in [3.05, 3.63) is 24.8 Å². The molecular weight excluding hydrogens is 258 g/mol. The molecule has 2 aliphatic rings. The molecule has 0 N–H and O–H groups in total. The van der Waals surface area contributed by atoms with Crippen LogP contribution in [0.25, 0.3) is 5.65 Å². The van der Waals surface area contributed by atoms with Gasteiger partial charge in [-0.2, -0.15) is 0 Å². The highest BCUT2D eigenvalue weighted by Crippen LogP contribution is 2.24. The molecule has 0 saturated carbocycles. The van der Waals surface area contributed by atoms with Gasteiger partial charge in [0.25, 0.3) is 0 Å². The lowest BCUT2D eigenvalue weighted by atomic mass is 10.1. The number of ether oxygens (including phenoxy) is 1. The number of carbonyl (C=O) groups is 1. The molecule has 1 amide bonds. The third-order valence-corrected chi connectivity index (χ3v) is 3.99. The molecular formula is C13H15N5O2. The Morgan fingerprint density at radius 1 is 1.20 bits per heavy atom. The van der Waals surface area contributed by atoms with Gasteiger partial charge >= 0.3 is 6.09 Å². The summed E-state index contributed by atoms with van der Waals surface area (Å²) in [5.41, 5.74) is 0.860. The Hall–Kier alpha value is -2.31. The lowest BCUT2D eigenvalue weighted by Gasteiger charge is -2.43. The summed E-state index contributed by atoms with van der Waals surface area (Å²) in [6.45, 7) is 2.72. The molecule has 2 saturated heterocycles. The quantitative estimate of drug-likeness (QED) is 0.767. The summed E-state index contributed by atoms with van der Waals surface area (Å²) in [7, 11) is 0. The summed E-state index contributed by atoms with van der Waals surface area (Å²) < 4.78 is 7.04. The van der Waals surface area contributed by atoms with Gasteiger partial charge in [-0.15, -0.1) is 0 Å². The number of fused-ring (bicyclic) bond motifs is 2. The number of hydrogen-bond donors (Lipinski definition) is 0. The molecule has 0 radical (unpaired) electrons. The molecule has 2 aliphatic heterocycles. The van der Waals surface area contributed by atoms with Gasteiger partial charge in [-0.1, -0.05) is 0 Å². The number of piperazine rings is 1. The number of imidazole rings is 1.